The van der Waals surface area contributed by atoms with E-state index >= 15 is 0 Å². The third-order valence-electron chi connectivity index (χ3n) is 2.41. The fourth-order valence-corrected chi connectivity index (χ4v) is 1.60. The lowest BCUT2D eigenvalue weighted by Crippen LogP contribution is -2.23. The van der Waals surface area contributed by atoms with Crippen LogP contribution in [-0.4, -0.2) is 16.7 Å². The molecule has 1 N–H and O–H groups in total. The van der Waals surface area contributed by atoms with E-state index in [4.69, 9.17) is 11.6 Å². The highest BCUT2D eigenvalue weighted by Crippen LogP contribution is 2.20. The van der Waals surface area contributed by atoms with Crippen molar-refractivity contribution in [2.45, 2.75) is 19.9 Å². The summed E-state index contributed by atoms with van der Waals surface area (Å²) >= 11 is 5.43. The number of halogens is 1. The molecule has 0 fully saturated rings. The lowest BCUT2D eigenvalue weighted by Gasteiger charge is -2.07. The minimum Gasteiger partial charge on any atom is -0.352 e. The Morgan fingerprint density at radius 1 is 1.53 bits per heavy atom. The number of nitro groups is 1. The third-order valence-corrected chi connectivity index (χ3v) is 2.60. The number of benzene rings is 1. The van der Waals surface area contributed by atoms with Gasteiger partial charge in [0, 0.05) is 30.5 Å². The van der Waals surface area contributed by atoms with Crippen LogP contribution in [0.4, 0.5) is 5.69 Å². The summed E-state index contributed by atoms with van der Waals surface area (Å²) in [6, 6.07) is 4.80. The van der Waals surface area contributed by atoms with Crippen LogP contribution in [0.1, 0.15) is 17.5 Å². The number of nitrogens with one attached hydrogen (secondary N) is 1. The molecule has 0 bridgehead atoms. The predicted octanol–water partition coefficient (Wildman–Crippen LogP) is 2.15. The summed E-state index contributed by atoms with van der Waals surface area (Å²) in [4.78, 5) is 21.5. The number of carbonyl (C=O) groups is 1. The zero-order chi connectivity index (χ0) is 12.8. The van der Waals surface area contributed by atoms with E-state index in [0.29, 0.717) is 5.56 Å². The number of nitro benzene ring substituents is 1. The molecule has 0 aliphatic carbocycles. The molecular weight excluding hydrogens is 244 g/mol. The van der Waals surface area contributed by atoms with Gasteiger partial charge in [-0.1, -0.05) is 12.1 Å². The van der Waals surface area contributed by atoms with Crippen LogP contribution < -0.4 is 5.32 Å². The molecule has 0 aliphatic heterocycles. The highest BCUT2D eigenvalue weighted by molar-refractivity contribution is 6.18. The Morgan fingerprint density at radius 3 is 2.82 bits per heavy atom. The maximum Gasteiger partial charge on any atom is 0.272 e. The number of carbonyl (C=O) groups excluding carboxylic acids is 1. The van der Waals surface area contributed by atoms with Gasteiger partial charge in [0.05, 0.1) is 4.92 Å². The first kappa shape index (κ1) is 13.4. The Morgan fingerprint density at radius 2 is 2.24 bits per heavy atom. The monoisotopic (exact) mass is 256 g/mol. The molecule has 92 valence electrons. The van der Waals surface area contributed by atoms with Gasteiger partial charge in [-0.05, 0) is 12.5 Å². The zero-order valence-electron chi connectivity index (χ0n) is 9.40. The van der Waals surface area contributed by atoms with Crippen molar-refractivity contribution in [2.24, 2.45) is 0 Å². The van der Waals surface area contributed by atoms with E-state index in [0.717, 1.165) is 5.56 Å². The second kappa shape index (κ2) is 6.20. The summed E-state index contributed by atoms with van der Waals surface area (Å²) < 4.78 is 0. The normalized spacial score (nSPS) is 10.0. The van der Waals surface area contributed by atoms with Crippen molar-refractivity contribution < 1.29 is 9.72 Å². The van der Waals surface area contributed by atoms with Crippen LogP contribution in [0.3, 0.4) is 0 Å². The van der Waals surface area contributed by atoms with Crippen LogP contribution >= 0.6 is 11.6 Å². The lowest BCUT2D eigenvalue weighted by molar-refractivity contribution is -0.385. The number of hydrogen-bond acceptors (Lipinski definition) is 3. The Hall–Kier alpha value is -1.62. The molecular formula is C11H13ClN2O3. The minimum atomic E-state index is -0.431. The molecule has 0 unspecified atom stereocenters. The summed E-state index contributed by atoms with van der Waals surface area (Å²) in [6.45, 7) is 1.95. The third kappa shape index (κ3) is 3.71. The summed E-state index contributed by atoms with van der Waals surface area (Å²) in [6.07, 6.45) is 0.246. The van der Waals surface area contributed by atoms with Crippen LogP contribution in [0.5, 0.6) is 0 Å². The summed E-state index contributed by atoms with van der Waals surface area (Å²) in [7, 11) is 0. The van der Waals surface area contributed by atoms with E-state index in [2.05, 4.69) is 5.32 Å². The minimum absolute atomic E-state index is 0.0640. The standard InChI is InChI=1S/C11H13ClN2O3/c1-8-9(7-13-11(15)5-6-12)3-2-4-10(8)14(16)17/h2-4H,5-7H2,1H3,(H,13,15). The van der Waals surface area contributed by atoms with Crippen molar-refractivity contribution >= 4 is 23.2 Å². The molecule has 0 atom stereocenters. The fraction of sp³-hybridized carbons (Fsp3) is 0.364. The van der Waals surface area contributed by atoms with Crippen LogP contribution in [0.2, 0.25) is 0 Å². The highest BCUT2D eigenvalue weighted by atomic mass is 35.5. The highest BCUT2D eigenvalue weighted by Gasteiger charge is 2.13. The van der Waals surface area contributed by atoms with Gasteiger partial charge in [-0.2, -0.15) is 0 Å². The smallest absolute Gasteiger partial charge is 0.272 e. The van der Waals surface area contributed by atoms with Crippen LogP contribution in [0.15, 0.2) is 18.2 Å². The summed E-state index contributed by atoms with van der Waals surface area (Å²) in [5.74, 6) is 0.102. The van der Waals surface area contributed by atoms with Gasteiger partial charge in [0.1, 0.15) is 0 Å². The van der Waals surface area contributed by atoms with Gasteiger partial charge >= 0.3 is 0 Å². The Bertz CT molecular complexity index is 435. The molecule has 17 heavy (non-hydrogen) atoms. The molecule has 0 heterocycles. The molecule has 5 nitrogen and oxygen atoms in total. The van der Waals surface area contributed by atoms with Gasteiger partial charge in [0.2, 0.25) is 5.91 Å². The molecule has 0 aromatic heterocycles. The van der Waals surface area contributed by atoms with Crippen LogP contribution in [0, 0.1) is 17.0 Å². The molecule has 6 heteroatoms. The van der Waals surface area contributed by atoms with Gasteiger partial charge in [0.25, 0.3) is 5.69 Å². The van der Waals surface area contributed by atoms with Gasteiger partial charge in [-0.25, -0.2) is 0 Å². The quantitative estimate of drug-likeness (QED) is 0.498. The van der Waals surface area contributed by atoms with Crippen molar-refractivity contribution in [2.75, 3.05) is 5.88 Å². The van der Waals surface area contributed by atoms with Crippen molar-refractivity contribution in [3.05, 3.63) is 39.4 Å². The molecule has 0 aliphatic rings. The van der Waals surface area contributed by atoms with E-state index in [1.807, 2.05) is 0 Å². The van der Waals surface area contributed by atoms with E-state index in [1.165, 1.54) is 6.07 Å². The van der Waals surface area contributed by atoms with Crippen LogP contribution in [-0.2, 0) is 11.3 Å². The van der Waals surface area contributed by atoms with E-state index in [9.17, 15) is 14.9 Å². The first-order valence-corrected chi connectivity index (χ1v) is 5.65. The molecule has 1 aromatic rings. The van der Waals surface area contributed by atoms with Gasteiger partial charge in [0.15, 0.2) is 0 Å². The molecule has 1 amide bonds. The van der Waals surface area contributed by atoms with E-state index in [-0.39, 0.29) is 30.4 Å². The average Bonchev–Trinajstić information content (AvgIpc) is 2.27. The van der Waals surface area contributed by atoms with Crippen molar-refractivity contribution in [1.82, 2.24) is 5.32 Å². The number of rotatable bonds is 5. The number of nitrogens with zero attached hydrogens (tertiary/aromatic N) is 1. The molecule has 0 saturated carbocycles. The van der Waals surface area contributed by atoms with E-state index in [1.54, 1.807) is 19.1 Å². The van der Waals surface area contributed by atoms with Gasteiger partial charge in [-0.15, -0.1) is 11.6 Å². The second-order valence-electron chi connectivity index (χ2n) is 3.53. The summed E-state index contributed by atoms with van der Waals surface area (Å²) in [5, 5.41) is 13.4. The number of hydrogen-bond donors (Lipinski definition) is 1. The Labute approximate surface area is 104 Å². The largest absolute Gasteiger partial charge is 0.352 e. The topological polar surface area (TPSA) is 72.2 Å². The molecule has 0 radical (unpaired) electrons. The Balaban J connectivity index is 2.75. The second-order valence-corrected chi connectivity index (χ2v) is 3.91. The predicted molar refractivity (Wildman–Crippen MR) is 65.0 cm³/mol. The van der Waals surface area contributed by atoms with Crippen LogP contribution in [0.25, 0.3) is 0 Å². The average molecular weight is 257 g/mol. The maximum atomic E-state index is 11.2. The SMILES string of the molecule is Cc1c(CNC(=O)CCCl)cccc1[N+](=O)[O-]. The zero-order valence-corrected chi connectivity index (χ0v) is 10.2. The molecule has 0 saturated heterocycles. The molecule has 1 rings (SSSR count). The summed E-state index contributed by atoms with van der Waals surface area (Å²) in [5.41, 5.74) is 1.37. The number of amides is 1. The number of alkyl halides is 1. The maximum absolute atomic E-state index is 11.2. The molecule has 1 aromatic carbocycles. The molecule has 0 spiro atoms. The van der Waals surface area contributed by atoms with Gasteiger partial charge < -0.3 is 5.32 Å². The first-order valence-electron chi connectivity index (χ1n) is 5.11. The van der Waals surface area contributed by atoms with Gasteiger partial charge in [-0.3, -0.25) is 14.9 Å². The lowest BCUT2D eigenvalue weighted by atomic mass is 10.1. The fourth-order valence-electron chi connectivity index (χ4n) is 1.43. The van der Waals surface area contributed by atoms with Crippen molar-refractivity contribution in [1.29, 1.82) is 0 Å². The Kier molecular flexibility index (Phi) is 4.90. The van der Waals surface area contributed by atoms with Crippen molar-refractivity contribution in [3.63, 3.8) is 0 Å². The van der Waals surface area contributed by atoms with Crippen molar-refractivity contribution in [3.8, 4) is 0 Å². The van der Waals surface area contributed by atoms with E-state index < -0.39 is 4.92 Å². The first-order chi connectivity index (χ1) is 8.06.